The van der Waals surface area contributed by atoms with Crippen LogP contribution in [0.3, 0.4) is 0 Å². The summed E-state index contributed by atoms with van der Waals surface area (Å²) >= 11 is 0. The van der Waals surface area contributed by atoms with Crippen molar-refractivity contribution in [3.05, 3.63) is 60.8 Å². The molecule has 0 heterocycles. The number of carbonyl (C=O) groups is 1. The lowest BCUT2D eigenvalue weighted by Crippen LogP contribution is -2.53. The van der Waals surface area contributed by atoms with Crippen molar-refractivity contribution in [2.45, 2.75) is 436 Å². The largest absolute Gasteiger partial charge is 0.394 e. The molecule has 0 saturated carbocycles. The SMILES string of the molecule is CCCCCCCCCCCCCCCCC/C=C\C/C=C\CCCCCCCCCCCCCCCCCCC(O)C(=O)NC(CO)C(O)C(O)CCC/C=C/CC/C=C/CC/C=C/CCCCCCCCCCCCCCCCCCCCC. The Morgan fingerprint density at radius 1 is 0.291 bits per heavy atom. The molecule has 0 aromatic rings. The summed E-state index contributed by atoms with van der Waals surface area (Å²) in [5, 5.41) is 44.3. The minimum absolute atomic E-state index is 0.358. The number of hydrogen-bond acceptors (Lipinski definition) is 5. The summed E-state index contributed by atoms with van der Waals surface area (Å²) in [7, 11) is 0. The molecule has 1 amide bonds. The lowest BCUT2D eigenvalue weighted by atomic mass is 10.00. The molecular weight excluding hydrogens is 1050 g/mol. The third-order valence-corrected chi connectivity index (χ3v) is 18.2. The maximum atomic E-state index is 12.7. The van der Waals surface area contributed by atoms with Crippen molar-refractivity contribution in [1.82, 2.24) is 5.32 Å². The molecule has 0 saturated heterocycles. The van der Waals surface area contributed by atoms with Gasteiger partial charge in [0, 0.05) is 0 Å². The summed E-state index contributed by atoms with van der Waals surface area (Å²) < 4.78 is 0. The number of unbranched alkanes of at least 4 members (excludes halogenated alkanes) is 53. The number of carbonyl (C=O) groups excluding carboxylic acids is 1. The number of aliphatic hydroxyl groups excluding tert-OH is 4. The summed E-state index contributed by atoms with van der Waals surface area (Å²) in [5.74, 6) is -0.595. The van der Waals surface area contributed by atoms with Crippen molar-refractivity contribution in [3.63, 3.8) is 0 Å². The van der Waals surface area contributed by atoms with Crippen LogP contribution in [0.2, 0.25) is 0 Å². The Morgan fingerprint density at radius 2 is 0.523 bits per heavy atom. The van der Waals surface area contributed by atoms with Gasteiger partial charge in [-0.1, -0.05) is 376 Å². The highest BCUT2D eigenvalue weighted by molar-refractivity contribution is 5.80. The lowest BCUT2D eigenvalue weighted by molar-refractivity contribution is -0.132. The van der Waals surface area contributed by atoms with Crippen LogP contribution in [0, 0.1) is 0 Å². The molecular formula is C80H151NO5. The predicted molar refractivity (Wildman–Crippen MR) is 380 cm³/mol. The second-order valence-corrected chi connectivity index (χ2v) is 26.7. The van der Waals surface area contributed by atoms with E-state index in [0.717, 1.165) is 57.8 Å². The molecule has 506 valence electrons. The molecule has 0 aliphatic heterocycles. The number of nitrogens with one attached hydrogen (secondary N) is 1. The van der Waals surface area contributed by atoms with Crippen molar-refractivity contribution in [2.75, 3.05) is 6.61 Å². The highest BCUT2D eigenvalue weighted by atomic mass is 16.3. The van der Waals surface area contributed by atoms with Crippen LogP contribution in [0.25, 0.3) is 0 Å². The topological polar surface area (TPSA) is 110 Å². The quantitative estimate of drug-likeness (QED) is 0.0308. The molecule has 4 atom stereocenters. The van der Waals surface area contributed by atoms with E-state index in [0.29, 0.717) is 19.3 Å². The smallest absolute Gasteiger partial charge is 0.249 e. The molecule has 0 spiro atoms. The zero-order valence-electron chi connectivity index (χ0n) is 57.8. The number of amides is 1. The lowest BCUT2D eigenvalue weighted by Gasteiger charge is -2.27. The summed E-state index contributed by atoms with van der Waals surface area (Å²) in [5.41, 5.74) is 0. The Morgan fingerprint density at radius 3 is 0.802 bits per heavy atom. The minimum atomic E-state index is -1.30. The van der Waals surface area contributed by atoms with Crippen LogP contribution in [0.5, 0.6) is 0 Å². The van der Waals surface area contributed by atoms with Crippen LogP contribution < -0.4 is 5.32 Å². The summed E-state index contributed by atoms with van der Waals surface area (Å²) in [6.45, 7) is 4.09. The van der Waals surface area contributed by atoms with Gasteiger partial charge in [0.25, 0.3) is 0 Å². The first-order valence-electron chi connectivity index (χ1n) is 38.7. The molecule has 4 unspecified atom stereocenters. The van der Waals surface area contributed by atoms with E-state index >= 15 is 0 Å². The molecule has 6 heteroatoms. The van der Waals surface area contributed by atoms with E-state index < -0.39 is 36.9 Å². The fourth-order valence-electron chi connectivity index (χ4n) is 12.2. The van der Waals surface area contributed by atoms with Gasteiger partial charge in [0.2, 0.25) is 5.91 Å². The van der Waals surface area contributed by atoms with Crippen LogP contribution in [0.4, 0.5) is 0 Å². The molecule has 0 bridgehead atoms. The van der Waals surface area contributed by atoms with Crippen LogP contribution in [-0.4, -0.2) is 57.3 Å². The van der Waals surface area contributed by atoms with E-state index in [-0.39, 0.29) is 0 Å². The van der Waals surface area contributed by atoms with Gasteiger partial charge in [-0.05, 0) is 96.3 Å². The fourth-order valence-corrected chi connectivity index (χ4v) is 12.2. The standard InChI is InChI=1S/C80H151NO5/c1-3-5-7-9-11-13-15-17-19-21-23-25-27-29-31-33-35-37-38-39-40-41-42-44-46-48-50-52-54-56-58-60-62-64-66-68-70-72-74-78(84)80(86)81-76(75-82)79(85)77(83)73-71-69-67-65-63-61-59-57-55-53-51-49-47-45-43-36-34-32-30-28-26-24-22-20-18-16-14-12-10-8-6-4-2/h35,37,39-40,49,51,57,59,65,67,76-79,82-85H,3-34,36,38,41-48,50,52-56,58,60-64,66,68-75H2,1-2H3,(H,81,86)/b37-35-,40-39-,51-49+,59-57+,67-65+. The second kappa shape index (κ2) is 73.7. The van der Waals surface area contributed by atoms with Gasteiger partial charge < -0.3 is 25.7 Å². The molecule has 6 nitrogen and oxygen atoms in total. The third-order valence-electron chi connectivity index (χ3n) is 18.2. The Balaban J connectivity index is 3.59. The van der Waals surface area contributed by atoms with Crippen LogP contribution in [0.15, 0.2) is 60.8 Å². The first-order valence-corrected chi connectivity index (χ1v) is 38.7. The van der Waals surface area contributed by atoms with Gasteiger partial charge in [-0.15, -0.1) is 0 Å². The van der Waals surface area contributed by atoms with Crippen molar-refractivity contribution in [2.24, 2.45) is 0 Å². The average molecular weight is 1210 g/mol. The van der Waals surface area contributed by atoms with Gasteiger partial charge in [-0.2, -0.15) is 0 Å². The van der Waals surface area contributed by atoms with E-state index in [9.17, 15) is 25.2 Å². The molecule has 0 fully saturated rings. The Hall–Kier alpha value is -1.99. The van der Waals surface area contributed by atoms with Crippen molar-refractivity contribution in [3.8, 4) is 0 Å². The molecule has 5 N–H and O–H groups in total. The number of aliphatic hydroxyl groups is 4. The summed E-state index contributed by atoms with van der Waals surface area (Å²) in [4.78, 5) is 12.7. The molecule has 86 heavy (non-hydrogen) atoms. The summed E-state index contributed by atoms with van der Waals surface area (Å²) in [6.07, 6.45) is 99.6. The molecule has 0 radical (unpaired) electrons. The summed E-state index contributed by atoms with van der Waals surface area (Å²) in [6, 6.07) is -1.02. The Kier molecular flexibility index (Phi) is 72.0. The Bertz CT molecular complexity index is 1450. The highest BCUT2D eigenvalue weighted by Gasteiger charge is 2.28. The number of rotatable bonds is 72. The van der Waals surface area contributed by atoms with Gasteiger partial charge in [0.15, 0.2) is 0 Å². The monoisotopic (exact) mass is 1210 g/mol. The predicted octanol–water partition coefficient (Wildman–Crippen LogP) is 24.6. The molecule has 0 aromatic carbocycles. The van der Waals surface area contributed by atoms with E-state index in [1.54, 1.807) is 0 Å². The van der Waals surface area contributed by atoms with Crippen molar-refractivity contribution >= 4 is 5.91 Å². The van der Waals surface area contributed by atoms with Crippen LogP contribution in [-0.2, 0) is 4.79 Å². The van der Waals surface area contributed by atoms with E-state index in [1.165, 1.54) is 321 Å². The maximum absolute atomic E-state index is 12.7. The van der Waals surface area contributed by atoms with E-state index in [4.69, 9.17) is 0 Å². The van der Waals surface area contributed by atoms with E-state index in [1.807, 2.05) is 0 Å². The molecule has 0 aliphatic carbocycles. The van der Waals surface area contributed by atoms with Gasteiger partial charge >= 0.3 is 0 Å². The highest BCUT2D eigenvalue weighted by Crippen LogP contribution is 2.19. The van der Waals surface area contributed by atoms with Gasteiger partial charge in [-0.3, -0.25) is 4.79 Å². The van der Waals surface area contributed by atoms with Crippen LogP contribution >= 0.6 is 0 Å². The number of allylic oxidation sites excluding steroid dienone is 10. The first kappa shape index (κ1) is 84.0. The maximum Gasteiger partial charge on any atom is 0.249 e. The second-order valence-electron chi connectivity index (χ2n) is 26.7. The first-order chi connectivity index (χ1) is 42.5. The number of hydrogen-bond donors (Lipinski definition) is 5. The van der Waals surface area contributed by atoms with Gasteiger partial charge in [-0.25, -0.2) is 0 Å². The van der Waals surface area contributed by atoms with E-state index in [2.05, 4.69) is 79.9 Å². The molecule has 0 rings (SSSR count). The van der Waals surface area contributed by atoms with Crippen LogP contribution in [0.1, 0.15) is 412 Å². The Labute approximate surface area is 537 Å². The average Bonchev–Trinajstić information content (AvgIpc) is 3.73. The molecule has 0 aromatic heterocycles. The molecule has 0 aliphatic rings. The zero-order valence-corrected chi connectivity index (χ0v) is 57.8. The zero-order chi connectivity index (χ0) is 62.2. The van der Waals surface area contributed by atoms with Crippen molar-refractivity contribution < 1.29 is 25.2 Å². The van der Waals surface area contributed by atoms with Crippen molar-refractivity contribution in [1.29, 1.82) is 0 Å². The minimum Gasteiger partial charge on any atom is -0.394 e. The fraction of sp³-hybridized carbons (Fsp3) is 0.863. The normalized spacial score (nSPS) is 13.7. The van der Waals surface area contributed by atoms with Gasteiger partial charge in [0.05, 0.1) is 18.8 Å². The van der Waals surface area contributed by atoms with Gasteiger partial charge in [0.1, 0.15) is 12.2 Å². The third kappa shape index (κ3) is 66.4.